The van der Waals surface area contributed by atoms with Gasteiger partial charge in [0, 0.05) is 24.7 Å². The van der Waals surface area contributed by atoms with Gasteiger partial charge in [0.05, 0.1) is 0 Å². The molecule has 104 valence electrons. The van der Waals surface area contributed by atoms with Crippen molar-refractivity contribution in [3.05, 3.63) is 29.8 Å². The molecule has 0 atom stereocenters. The van der Waals surface area contributed by atoms with Gasteiger partial charge in [-0.15, -0.1) is 0 Å². The zero-order valence-corrected chi connectivity index (χ0v) is 12.0. The number of hydrogen-bond donors (Lipinski definition) is 1. The third kappa shape index (κ3) is 3.35. The summed E-state index contributed by atoms with van der Waals surface area (Å²) in [6.45, 7) is 2.03. The summed E-state index contributed by atoms with van der Waals surface area (Å²) in [6, 6.07) is 7.96. The Morgan fingerprint density at radius 1 is 1.26 bits per heavy atom. The highest BCUT2D eigenvalue weighted by atomic mass is 16.2. The van der Waals surface area contributed by atoms with Gasteiger partial charge in [-0.2, -0.15) is 0 Å². The van der Waals surface area contributed by atoms with Gasteiger partial charge in [-0.3, -0.25) is 4.79 Å². The van der Waals surface area contributed by atoms with E-state index in [0.717, 1.165) is 36.9 Å². The fraction of sp³-hybridized carbons (Fsp3) is 0.562. The largest absolute Gasteiger partial charge is 0.325 e. The quantitative estimate of drug-likeness (QED) is 0.908. The minimum atomic E-state index is -0.285. The number of hydrogen-bond acceptors (Lipinski definition) is 2. The average Bonchev–Trinajstić information content (AvgIpc) is 2.39. The van der Waals surface area contributed by atoms with Gasteiger partial charge < -0.3 is 10.6 Å². The van der Waals surface area contributed by atoms with Gasteiger partial charge in [-0.25, -0.2) is 0 Å². The van der Waals surface area contributed by atoms with E-state index in [1.54, 1.807) is 4.90 Å². The average molecular weight is 260 g/mol. The van der Waals surface area contributed by atoms with Gasteiger partial charge in [0.1, 0.15) is 0 Å². The molecule has 2 N–H and O–H groups in total. The highest BCUT2D eigenvalue weighted by Crippen LogP contribution is 2.30. The second-order valence-corrected chi connectivity index (χ2v) is 5.84. The van der Waals surface area contributed by atoms with E-state index in [1.807, 2.05) is 38.2 Å². The minimum absolute atomic E-state index is 0.124. The molecule has 0 unspecified atom stereocenters. The van der Waals surface area contributed by atoms with Crippen LogP contribution in [0, 0.1) is 6.92 Å². The number of para-hydroxylation sites is 1. The van der Waals surface area contributed by atoms with Crippen LogP contribution < -0.4 is 10.6 Å². The highest BCUT2D eigenvalue weighted by molar-refractivity contribution is 5.94. The predicted molar refractivity (Wildman–Crippen MR) is 79.2 cm³/mol. The van der Waals surface area contributed by atoms with Gasteiger partial charge in [-0.1, -0.05) is 37.5 Å². The number of carbonyl (C=O) groups is 1. The van der Waals surface area contributed by atoms with E-state index in [-0.39, 0.29) is 11.4 Å². The lowest BCUT2D eigenvalue weighted by Crippen LogP contribution is -2.46. The lowest BCUT2D eigenvalue weighted by Gasteiger charge is -2.34. The van der Waals surface area contributed by atoms with E-state index in [2.05, 4.69) is 0 Å². The summed E-state index contributed by atoms with van der Waals surface area (Å²) < 4.78 is 0. The molecule has 1 aromatic rings. The standard InChI is InChI=1S/C16H24N2O/c1-13-8-4-5-9-14(13)18(2)15(19)12-16(17)10-6-3-7-11-16/h4-5,8-9H,3,6-7,10-12,17H2,1-2H3. The smallest absolute Gasteiger partial charge is 0.228 e. The van der Waals surface area contributed by atoms with Crippen molar-refractivity contribution in [3.8, 4) is 0 Å². The van der Waals surface area contributed by atoms with Crippen LogP contribution in [0.4, 0.5) is 5.69 Å². The van der Waals surface area contributed by atoms with E-state index in [1.165, 1.54) is 6.42 Å². The van der Waals surface area contributed by atoms with Gasteiger partial charge in [0.25, 0.3) is 0 Å². The molecule has 1 saturated carbocycles. The third-order valence-corrected chi connectivity index (χ3v) is 4.20. The van der Waals surface area contributed by atoms with Crippen LogP contribution in [0.1, 0.15) is 44.1 Å². The maximum atomic E-state index is 12.4. The topological polar surface area (TPSA) is 46.3 Å². The normalized spacial score (nSPS) is 18.1. The summed E-state index contributed by atoms with van der Waals surface area (Å²) in [7, 11) is 1.84. The zero-order chi connectivity index (χ0) is 13.9. The molecule has 19 heavy (non-hydrogen) atoms. The number of rotatable bonds is 3. The molecule has 2 rings (SSSR count). The van der Waals surface area contributed by atoms with E-state index in [4.69, 9.17) is 5.73 Å². The lowest BCUT2D eigenvalue weighted by molar-refractivity contribution is -0.119. The molecular weight excluding hydrogens is 236 g/mol. The number of nitrogens with zero attached hydrogens (tertiary/aromatic N) is 1. The first-order chi connectivity index (χ1) is 9.02. The Balaban J connectivity index is 2.05. The monoisotopic (exact) mass is 260 g/mol. The van der Waals surface area contributed by atoms with Crippen LogP contribution in [0.2, 0.25) is 0 Å². The molecule has 1 aromatic carbocycles. The van der Waals surface area contributed by atoms with Crippen molar-refractivity contribution in [3.63, 3.8) is 0 Å². The van der Waals surface area contributed by atoms with E-state index < -0.39 is 0 Å². The van der Waals surface area contributed by atoms with Crippen molar-refractivity contribution in [1.82, 2.24) is 0 Å². The van der Waals surface area contributed by atoms with Crippen LogP contribution in [0.25, 0.3) is 0 Å². The SMILES string of the molecule is Cc1ccccc1N(C)C(=O)CC1(N)CCCCC1. The molecule has 0 radical (unpaired) electrons. The van der Waals surface area contributed by atoms with Crippen LogP contribution in [0.15, 0.2) is 24.3 Å². The Kier molecular flexibility index (Phi) is 4.25. The molecule has 1 aliphatic rings. The predicted octanol–water partition coefficient (Wildman–Crippen LogP) is 3.01. The Hall–Kier alpha value is -1.35. The number of anilines is 1. The van der Waals surface area contributed by atoms with Gasteiger partial charge >= 0.3 is 0 Å². The van der Waals surface area contributed by atoms with E-state index >= 15 is 0 Å². The molecule has 0 bridgehead atoms. The molecule has 3 nitrogen and oxygen atoms in total. The molecule has 1 amide bonds. The number of nitrogens with two attached hydrogens (primary N) is 1. The maximum absolute atomic E-state index is 12.4. The van der Waals surface area contributed by atoms with Crippen LogP contribution in [-0.2, 0) is 4.79 Å². The highest BCUT2D eigenvalue weighted by Gasteiger charge is 2.31. The van der Waals surface area contributed by atoms with Crippen molar-refractivity contribution >= 4 is 11.6 Å². The van der Waals surface area contributed by atoms with Crippen molar-refractivity contribution in [2.45, 2.75) is 51.0 Å². The first-order valence-electron chi connectivity index (χ1n) is 7.13. The molecular formula is C16H24N2O. The number of benzene rings is 1. The van der Waals surface area contributed by atoms with Crippen molar-refractivity contribution in [2.24, 2.45) is 5.73 Å². The van der Waals surface area contributed by atoms with Gasteiger partial charge in [0.15, 0.2) is 0 Å². The van der Waals surface area contributed by atoms with Gasteiger partial charge in [0.2, 0.25) is 5.91 Å². The molecule has 0 spiro atoms. The molecule has 3 heteroatoms. The summed E-state index contributed by atoms with van der Waals surface area (Å²) in [5.41, 5.74) is 8.18. The minimum Gasteiger partial charge on any atom is -0.325 e. The van der Waals surface area contributed by atoms with Crippen LogP contribution >= 0.6 is 0 Å². The molecule has 0 heterocycles. The Morgan fingerprint density at radius 3 is 2.53 bits per heavy atom. The third-order valence-electron chi connectivity index (χ3n) is 4.20. The number of carbonyl (C=O) groups excluding carboxylic acids is 1. The maximum Gasteiger partial charge on any atom is 0.228 e. The Labute approximate surface area is 115 Å². The van der Waals surface area contributed by atoms with Crippen LogP contribution in [0.3, 0.4) is 0 Å². The van der Waals surface area contributed by atoms with Crippen LogP contribution in [-0.4, -0.2) is 18.5 Å². The number of aryl methyl sites for hydroxylation is 1. The fourth-order valence-corrected chi connectivity index (χ4v) is 2.93. The number of amides is 1. The summed E-state index contributed by atoms with van der Waals surface area (Å²) >= 11 is 0. The summed E-state index contributed by atoms with van der Waals surface area (Å²) in [6.07, 6.45) is 5.95. The summed E-state index contributed by atoms with van der Waals surface area (Å²) in [5.74, 6) is 0.124. The van der Waals surface area contributed by atoms with Crippen molar-refractivity contribution in [1.29, 1.82) is 0 Å². The lowest BCUT2D eigenvalue weighted by atomic mass is 9.80. The summed E-state index contributed by atoms with van der Waals surface area (Å²) in [5, 5.41) is 0. The molecule has 0 aliphatic heterocycles. The first kappa shape index (κ1) is 14.1. The van der Waals surface area contributed by atoms with Gasteiger partial charge in [-0.05, 0) is 31.4 Å². The zero-order valence-electron chi connectivity index (χ0n) is 12.0. The second kappa shape index (κ2) is 5.74. The Morgan fingerprint density at radius 2 is 1.89 bits per heavy atom. The fourth-order valence-electron chi connectivity index (χ4n) is 2.93. The van der Waals surface area contributed by atoms with E-state index in [0.29, 0.717) is 6.42 Å². The van der Waals surface area contributed by atoms with Crippen molar-refractivity contribution in [2.75, 3.05) is 11.9 Å². The van der Waals surface area contributed by atoms with Crippen molar-refractivity contribution < 1.29 is 4.79 Å². The first-order valence-corrected chi connectivity index (χ1v) is 7.13. The molecule has 0 aromatic heterocycles. The molecule has 0 saturated heterocycles. The summed E-state index contributed by atoms with van der Waals surface area (Å²) in [4.78, 5) is 14.2. The second-order valence-electron chi connectivity index (χ2n) is 5.84. The van der Waals surface area contributed by atoms with E-state index in [9.17, 15) is 4.79 Å². The molecule has 1 aliphatic carbocycles. The Bertz CT molecular complexity index is 450. The van der Waals surface area contributed by atoms with Crippen LogP contribution in [0.5, 0.6) is 0 Å². The molecule has 1 fully saturated rings.